The van der Waals surface area contributed by atoms with E-state index in [1.165, 1.54) is 0 Å². The van der Waals surface area contributed by atoms with Crippen LogP contribution in [0.3, 0.4) is 0 Å². The van der Waals surface area contributed by atoms with Crippen LogP contribution in [0.5, 0.6) is 0 Å². The topological polar surface area (TPSA) is 40.5 Å². The van der Waals surface area contributed by atoms with Gasteiger partial charge in [0.25, 0.3) is 0 Å². The number of carbonyl (C=O) groups is 1. The van der Waals surface area contributed by atoms with Crippen LogP contribution in [0.15, 0.2) is 18.2 Å². The van der Waals surface area contributed by atoms with Crippen molar-refractivity contribution in [1.82, 2.24) is 4.90 Å². The van der Waals surface area contributed by atoms with Gasteiger partial charge in [-0.2, -0.15) is 0 Å². The molecule has 2 aliphatic rings. The summed E-state index contributed by atoms with van der Waals surface area (Å²) in [6.45, 7) is 2.54. The number of nitrogens with zero attached hydrogens (tertiary/aromatic N) is 1. The molecule has 24 heavy (non-hydrogen) atoms. The van der Waals surface area contributed by atoms with E-state index in [1.54, 1.807) is 19.1 Å². The Kier molecular flexibility index (Phi) is 5.54. The van der Waals surface area contributed by atoms with Gasteiger partial charge in [0.1, 0.15) is 5.82 Å². The Morgan fingerprint density at radius 2 is 1.96 bits per heavy atom. The van der Waals surface area contributed by atoms with Crippen LogP contribution in [0, 0.1) is 18.7 Å². The van der Waals surface area contributed by atoms with Crippen molar-refractivity contribution in [1.29, 1.82) is 0 Å². The maximum Gasteiger partial charge on any atom is 0.226 e. The largest absolute Gasteiger partial charge is 0.393 e. The van der Waals surface area contributed by atoms with Crippen molar-refractivity contribution in [2.45, 2.75) is 70.4 Å². The molecule has 3 unspecified atom stereocenters. The lowest BCUT2D eigenvalue weighted by Crippen LogP contribution is -2.39. The van der Waals surface area contributed by atoms with Gasteiger partial charge < -0.3 is 10.0 Å². The number of amides is 1. The first kappa shape index (κ1) is 17.4. The van der Waals surface area contributed by atoms with Crippen LogP contribution >= 0.6 is 0 Å². The van der Waals surface area contributed by atoms with Crippen LogP contribution in [-0.4, -0.2) is 34.6 Å². The van der Waals surface area contributed by atoms with Gasteiger partial charge in [-0.3, -0.25) is 4.79 Å². The molecule has 0 aromatic heterocycles. The van der Waals surface area contributed by atoms with Gasteiger partial charge in [0.05, 0.1) is 6.10 Å². The van der Waals surface area contributed by atoms with Crippen LogP contribution in [0.25, 0.3) is 0 Å². The van der Waals surface area contributed by atoms with Crippen LogP contribution in [-0.2, 0) is 11.2 Å². The summed E-state index contributed by atoms with van der Waals surface area (Å²) in [5.41, 5.74) is 1.30. The first-order chi connectivity index (χ1) is 11.6. The van der Waals surface area contributed by atoms with Crippen LogP contribution in [0.1, 0.15) is 56.1 Å². The second-order valence-corrected chi connectivity index (χ2v) is 7.44. The number of hydrogen-bond donors (Lipinski definition) is 1. The number of rotatable bonds is 3. The summed E-state index contributed by atoms with van der Waals surface area (Å²) in [5, 5.41) is 9.90. The molecular formula is C20H28FNO2. The fourth-order valence-corrected chi connectivity index (χ4v) is 4.19. The van der Waals surface area contributed by atoms with Crippen LogP contribution in [0.4, 0.5) is 4.39 Å². The summed E-state index contributed by atoms with van der Waals surface area (Å²) in [7, 11) is 0. The molecule has 2 fully saturated rings. The molecule has 132 valence electrons. The average molecular weight is 333 g/mol. The number of halogens is 1. The Bertz CT molecular complexity index is 589. The second kappa shape index (κ2) is 7.64. The summed E-state index contributed by atoms with van der Waals surface area (Å²) < 4.78 is 14.2. The highest BCUT2D eigenvalue weighted by Gasteiger charge is 2.36. The summed E-state index contributed by atoms with van der Waals surface area (Å²) in [4.78, 5) is 14.8. The van der Waals surface area contributed by atoms with E-state index in [9.17, 15) is 14.3 Å². The van der Waals surface area contributed by atoms with Gasteiger partial charge in [-0.05, 0) is 56.6 Å². The molecule has 0 spiro atoms. The zero-order chi connectivity index (χ0) is 17.1. The fourth-order valence-electron chi connectivity index (χ4n) is 4.19. The van der Waals surface area contributed by atoms with Crippen LogP contribution < -0.4 is 0 Å². The number of aliphatic hydroxyl groups is 1. The number of benzene rings is 1. The van der Waals surface area contributed by atoms with Gasteiger partial charge in [0, 0.05) is 18.5 Å². The van der Waals surface area contributed by atoms with Crippen molar-refractivity contribution < 1.29 is 14.3 Å². The quantitative estimate of drug-likeness (QED) is 0.918. The second-order valence-electron chi connectivity index (χ2n) is 7.44. The summed E-state index contributed by atoms with van der Waals surface area (Å²) in [6.07, 6.45) is 6.79. The molecule has 1 amide bonds. The van der Waals surface area contributed by atoms with Crippen molar-refractivity contribution in [2.24, 2.45) is 5.92 Å². The summed E-state index contributed by atoms with van der Waals surface area (Å²) in [6, 6.07) is 5.67. The molecule has 3 atom stereocenters. The third kappa shape index (κ3) is 3.80. The lowest BCUT2D eigenvalue weighted by Gasteiger charge is -2.31. The minimum Gasteiger partial charge on any atom is -0.393 e. The normalized spacial score (nSPS) is 28.7. The van der Waals surface area contributed by atoms with Gasteiger partial charge >= 0.3 is 0 Å². The third-order valence-corrected chi connectivity index (χ3v) is 5.69. The third-order valence-electron chi connectivity index (χ3n) is 5.69. The van der Waals surface area contributed by atoms with Gasteiger partial charge in [0.15, 0.2) is 0 Å². The molecule has 1 heterocycles. The predicted molar refractivity (Wildman–Crippen MR) is 92.2 cm³/mol. The van der Waals surface area contributed by atoms with E-state index in [0.29, 0.717) is 17.5 Å². The van der Waals surface area contributed by atoms with E-state index in [-0.39, 0.29) is 29.8 Å². The Hall–Kier alpha value is -1.42. The number of aryl methyl sites for hydroxylation is 1. The van der Waals surface area contributed by atoms with Crippen LogP contribution in [0.2, 0.25) is 0 Å². The van der Waals surface area contributed by atoms with E-state index >= 15 is 0 Å². The molecule has 0 radical (unpaired) electrons. The van der Waals surface area contributed by atoms with Gasteiger partial charge in [-0.15, -0.1) is 0 Å². The van der Waals surface area contributed by atoms with Crippen molar-refractivity contribution in [3.63, 3.8) is 0 Å². The van der Waals surface area contributed by atoms with Crippen molar-refractivity contribution >= 4 is 5.91 Å². The predicted octanol–water partition coefficient (Wildman–Crippen LogP) is 3.61. The van der Waals surface area contributed by atoms with Gasteiger partial charge in [-0.1, -0.05) is 31.0 Å². The molecule has 1 N–H and O–H groups in total. The first-order valence-corrected chi connectivity index (χ1v) is 9.29. The van der Waals surface area contributed by atoms with Gasteiger partial charge in [0.2, 0.25) is 5.91 Å². The number of hydrogen-bond acceptors (Lipinski definition) is 2. The van der Waals surface area contributed by atoms with E-state index in [0.717, 1.165) is 51.5 Å². The molecule has 1 aromatic rings. The van der Waals surface area contributed by atoms with Crippen molar-refractivity contribution in [3.05, 3.63) is 35.1 Å². The maximum atomic E-state index is 14.2. The minimum atomic E-state index is -0.220. The molecule has 1 saturated heterocycles. The highest BCUT2D eigenvalue weighted by molar-refractivity contribution is 5.81. The standard InChI is InChI=1S/C20H28FNO2/c1-14-5-4-6-15(19(14)21)13-16-11-12-22(20(16)24)17-7-2-3-8-18(23)10-9-17/h4-6,16-18,23H,2-3,7-13H2,1H3. The van der Waals surface area contributed by atoms with Crippen molar-refractivity contribution in [3.8, 4) is 0 Å². The van der Waals surface area contributed by atoms with E-state index in [4.69, 9.17) is 0 Å². The van der Waals surface area contributed by atoms with E-state index in [1.807, 2.05) is 11.0 Å². The highest BCUT2D eigenvalue weighted by Crippen LogP contribution is 2.30. The molecule has 0 bridgehead atoms. The molecule has 3 rings (SSSR count). The zero-order valence-corrected chi connectivity index (χ0v) is 14.5. The smallest absolute Gasteiger partial charge is 0.226 e. The highest BCUT2D eigenvalue weighted by atomic mass is 19.1. The van der Waals surface area contributed by atoms with E-state index < -0.39 is 0 Å². The van der Waals surface area contributed by atoms with Gasteiger partial charge in [-0.25, -0.2) is 4.39 Å². The Morgan fingerprint density at radius 3 is 2.79 bits per heavy atom. The minimum absolute atomic E-state index is 0.100. The lowest BCUT2D eigenvalue weighted by molar-refractivity contribution is -0.133. The Balaban J connectivity index is 1.65. The Morgan fingerprint density at radius 1 is 1.17 bits per heavy atom. The molecule has 1 aliphatic carbocycles. The maximum absolute atomic E-state index is 14.2. The molecule has 1 aliphatic heterocycles. The Labute approximate surface area is 143 Å². The number of likely N-dealkylation sites (tertiary alicyclic amines) is 1. The van der Waals surface area contributed by atoms with Crippen molar-refractivity contribution in [2.75, 3.05) is 6.54 Å². The number of aliphatic hydroxyl groups excluding tert-OH is 1. The molecule has 4 heteroatoms. The molecule has 1 aromatic carbocycles. The average Bonchev–Trinajstić information content (AvgIpc) is 2.90. The summed E-state index contributed by atoms with van der Waals surface area (Å²) >= 11 is 0. The van der Waals surface area contributed by atoms with E-state index in [2.05, 4.69) is 0 Å². The molecule has 3 nitrogen and oxygen atoms in total. The molecular weight excluding hydrogens is 305 g/mol. The fraction of sp³-hybridized carbons (Fsp3) is 0.650. The lowest BCUT2D eigenvalue weighted by atomic mass is 9.93. The summed E-state index contributed by atoms with van der Waals surface area (Å²) in [5.74, 6) is -0.0922. The zero-order valence-electron chi connectivity index (χ0n) is 14.5. The monoisotopic (exact) mass is 333 g/mol. The SMILES string of the molecule is Cc1cccc(CC2CCN(C3CCCCC(O)CC3)C2=O)c1F. The first-order valence-electron chi connectivity index (χ1n) is 9.29. The number of carbonyl (C=O) groups excluding carboxylic acids is 1. The molecule has 1 saturated carbocycles.